The summed E-state index contributed by atoms with van der Waals surface area (Å²) in [6.07, 6.45) is 3.38. The van der Waals surface area contributed by atoms with E-state index in [0.717, 1.165) is 41.4 Å². The molecule has 2 fully saturated rings. The Morgan fingerprint density at radius 3 is 2.51 bits per heavy atom. The van der Waals surface area contributed by atoms with Crippen molar-refractivity contribution in [2.24, 2.45) is 5.41 Å². The van der Waals surface area contributed by atoms with Crippen molar-refractivity contribution in [3.05, 3.63) is 70.1 Å². The third-order valence-corrected chi connectivity index (χ3v) is 9.57. The Kier molecular flexibility index (Phi) is 7.10. The number of nitrogens with one attached hydrogen (secondary N) is 1. The number of hydrogen-bond donors (Lipinski definition) is 1. The lowest BCUT2D eigenvalue weighted by Gasteiger charge is -2.35. The Morgan fingerprint density at radius 2 is 1.80 bits per heavy atom. The molecule has 0 spiro atoms. The molecule has 41 heavy (non-hydrogen) atoms. The van der Waals surface area contributed by atoms with Crippen molar-refractivity contribution in [2.45, 2.75) is 25.5 Å². The molecule has 3 heterocycles. The molecule has 1 saturated carbocycles. The number of fused-ring (bicyclic) bond motifs is 1. The third kappa shape index (κ3) is 5.87. The largest absolute Gasteiger partial charge is 0.490 e. The number of piperazine rings is 1. The first-order valence-electron chi connectivity index (χ1n) is 13.5. The van der Waals surface area contributed by atoms with Gasteiger partial charge in [-0.05, 0) is 42.7 Å². The van der Waals surface area contributed by atoms with E-state index in [-0.39, 0.29) is 35.7 Å². The molecule has 3 aromatic rings. The van der Waals surface area contributed by atoms with Crippen LogP contribution in [0, 0.1) is 17.0 Å². The SMILES string of the molecule is CC1(COc2c(N3CCN(S(=O)(=O)Cc4ccc5c(c4)NCCO5)CC3)cnn(-c3cc(F)cc(F)c3)c2=O)CC1. The minimum absolute atomic E-state index is 0.0258. The molecule has 13 heteroatoms. The zero-order valence-corrected chi connectivity index (χ0v) is 23.4. The molecule has 1 saturated heterocycles. The maximum atomic E-state index is 13.9. The predicted molar refractivity (Wildman–Crippen MR) is 149 cm³/mol. The molecule has 0 bridgehead atoms. The van der Waals surface area contributed by atoms with Crippen molar-refractivity contribution in [2.75, 3.05) is 56.2 Å². The van der Waals surface area contributed by atoms with Crippen LogP contribution < -0.4 is 25.2 Å². The minimum Gasteiger partial charge on any atom is -0.490 e. The molecule has 1 aliphatic carbocycles. The maximum Gasteiger partial charge on any atom is 0.316 e. The van der Waals surface area contributed by atoms with Crippen molar-refractivity contribution in [3.8, 4) is 17.2 Å². The van der Waals surface area contributed by atoms with Crippen LogP contribution in [0.15, 0.2) is 47.4 Å². The Balaban J connectivity index is 1.21. The van der Waals surface area contributed by atoms with Crippen LogP contribution in [0.4, 0.5) is 20.2 Å². The van der Waals surface area contributed by atoms with E-state index in [1.807, 2.05) is 4.90 Å². The van der Waals surface area contributed by atoms with Crippen LogP contribution in [0.5, 0.6) is 11.5 Å². The number of aromatic nitrogens is 2. The van der Waals surface area contributed by atoms with Crippen LogP contribution in [-0.2, 0) is 15.8 Å². The number of benzene rings is 2. The molecule has 0 amide bonds. The summed E-state index contributed by atoms with van der Waals surface area (Å²) in [7, 11) is -3.60. The number of sulfonamides is 1. The van der Waals surface area contributed by atoms with Gasteiger partial charge in [0.2, 0.25) is 15.8 Å². The van der Waals surface area contributed by atoms with E-state index in [2.05, 4.69) is 17.3 Å². The fraction of sp³-hybridized carbons (Fsp3) is 0.429. The Morgan fingerprint density at radius 1 is 1.07 bits per heavy atom. The molecule has 0 atom stereocenters. The van der Waals surface area contributed by atoms with Gasteiger partial charge in [0.1, 0.15) is 29.7 Å². The van der Waals surface area contributed by atoms with E-state index in [9.17, 15) is 22.0 Å². The van der Waals surface area contributed by atoms with Crippen LogP contribution in [0.25, 0.3) is 5.69 Å². The number of hydrogen-bond acceptors (Lipinski definition) is 8. The average molecular weight is 588 g/mol. The van der Waals surface area contributed by atoms with E-state index < -0.39 is 27.2 Å². The van der Waals surface area contributed by atoms with E-state index >= 15 is 0 Å². The van der Waals surface area contributed by atoms with Crippen molar-refractivity contribution >= 4 is 21.4 Å². The molecule has 10 nitrogen and oxygen atoms in total. The summed E-state index contributed by atoms with van der Waals surface area (Å²) in [6, 6.07) is 8.11. The fourth-order valence-electron chi connectivity index (χ4n) is 5.03. The van der Waals surface area contributed by atoms with Gasteiger partial charge in [0, 0.05) is 44.2 Å². The fourth-order valence-corrected chi connectivity index (χ4v) is 6.53. The van der Waals surface area contributed by atoms with Crippen LogP contribution in [0.1, 0.15) is 25.3 Å². The number of nitrogens with zero attached hydrogens (tertiary/aromatic N) is 4. The smallest absolute Gasteiger partial charge is 0.316 e. The molecule has 6 rings (SSSR count). The Bertz CT molecular complexity index is 1610. The highest BCUT2D eigenvalue weighted by molar-refractivity contribution is 7.88. The highest BCUT2D eigenvalue weighted by Crippen LogP contribution is 2.45. The standard InChI is InChI=1S/C28H31F2N5O5S/c1-28(4-5-28)18-40-26-24(16-32-35(27(26)36)22-14-20(29)13-21(30)15-22)33-7-9-34(10-8-33)41(37,38)17-19-2-3-25-23(12-19)31-6-11-39-25/h2-3,12-16,31H,4-11,17-18H2,1H3. The summed E-state index contributed by atoms with van der Waals surface area (Å²) in [4.78, 5) is 15.4. The van der Waals surface area contributed by atoms with E-state index in [1.165, 1.54) is 10.5 Å². The number of ether oxygens (including phenoxy) is 2. The van der Waals surface area contributed by atoms with Gasteiger partial charge in [0.05, 0.1) is 29.9 Å². The average Bonchev–Trinajstić information content (AvgIpc) is 3.68. The molecule has 2 aliphatic heterocycles. The first-order valence-corrected chi connectivity index (χ1v) is 15.2. The van der Waals surface area contributed by atoms with E-state index in [0.29, 0.717) is 49.8 Å². The lowest BCUT2D eigenvalue weighted by molar-refractivity contribution is 0.242. The monoisotopic (exact) mass is 587 g/mol. The van der Waals surface area contributed by atoms with Gasteiger partial charge in [-0.15, -0.1) is 0 Å². The molecule has 1 aromatic heterocycles. The van der Waals surface area contributed by atoms with Gasteiger partial charge in [-0.25, -0.2) is 17.2 Å². The second-order valence-electron chi connectivity index (χ2n) is 11.1. The Hall–Kier alpha value is -3.71. The zero-order chi connectivity index (χ0) is 28.8. The predicted octanol–water partition coefficient (Wildman–Crippen LogP) is 3.15. The lowest BCUT2D eigenvalue weighted by atomic mass is 10.2. The van der Waals surface area contributed by atoms with Gasteiger partial charge in [-0.2, -0.15) is 14.1 Å². The molecular weight excluding hydrogens is 556 g/mol. The van der Waals surface area contributed by atoms with Crippen LogP contribution >= 0.6 is 0 Å². The molecule has 3 aliphatic rings. The molecule has 1 N–H and O–H groups in total. The second-order valence-corrected chi connectivity index (χ2v) is 13.0. The normalized spacial score (nSPS) is 18.3. The summed E-state index contributed by atoms with van der Waals surface area (Å²) < 4.78 is 68.3. The summed E-state index contributed by atoms with van der Waals surface area (Å²) in [5.41, 5.74) is 1.14. The maximum absolute atomic E-state index is 13.9. The molecular formula is C28H31F2N5O5S. The summed E-state index contributed by atoms with van der Waals surface area (Å²) in [6.45, 7) is 4.64. The van der Waals surface area contributed by atoms with Gasteiger partial charge in [0.25, 0.3) is 0 Å². The van der Waals surface area contributed by atoms with Gasteiger partial charge < -0.3 is 19.7 Å². The highest BCUT2D eigenvalue weighted by atomic mass is 32.2. The lowest BCUT2D eigenvalue weighted by Crippen LogP contribution is -2.49. The van der Waals surface area contributed by atoms with Crippen molar-refractivity contribution in [1.29, 1.82) is 0 Å². The molecule has 0 radical (unpaired) electrons. The molecule has 218 valence electrons. The van der Waals surface area contributed by atoms with E-state index in [4.69, 9.17) is 9.47 Å². The van der Waals surface area contributed by atoms with Gasteiger partial charge in [0.15, 0.2) is 0 Å². The molecule has 0 unspecified atom stereocenters. The minimum atomic E-state index is -3.60. The van der Waals surface area contributed by atoms with Crippen molar-refractivity contribution in [1.82, 2.24) is 14.1 Å². The van der Waals surface area contributed by atoms with E-state index in [1.54, 1.807) is 18.2 Å². The van der Waals surface area contributed by atoms with Gasteiger partial charge in [-0.3, -0.25) is 4.79 Å². The van der Waals surface area contributed by atoms with Crippen LogP contribution in [-0.4, -0.2) is 68.4 Å². The number of rotatable bonds is 8. The first kappa shape index (κ1) is 27.5. The second kappa shape index (κ2) is 10.6. The van der Waals surface area contributed by atoms with Crippen molar-refractivity contribution in [3.63, 3.8) is 0 Å². The first-order chi connectivity index (χ1) is 19.6. The quantitative estimate of drug-likeness (QED) is 0.429. The summed E-state index contributed by atoms with van der Waals surface area (Å²) in [5.74, 6) is -1.07. The third-order valence-electron chi connectivity index (χ3n) is 7.72. The highest BCUT2D eigenvalue weighted by Gasteiger charge is 2.39. The molecule has 2 aromatic carbocycles. The van der Waals surface area contributed by atoms with Crippen LogP contribution in [0.3, 0.4) is 0 Å². The van der Waals surface area contributed by atoms with Gasteiger partial charge >= 0.3 is 5.56 Å². The number of halogens is 2. The van der Waals surface area contributed by atoms with Crippen molar-refractivity contribution < 1.29 is 26.7 Å². The zero-order valence-electron chi connectivity index (χ0n) is 22.6. The topological polar surface area (TPSA) is 106 Å². The number of anilines is 2. The van der Waals surface area contributed by atoms with Gasteiger partial charge in [-0.1, -0.05) is 13.0 Å². The van der Waals surface area contributed by atoms with Crippen LogP contribution in [0.2, 0.25) is 0 Å². The Labute approximate surface area is 236 Å². The summed E-state index contributed by atoms with van der Waals surface area (Å²) in [5, 5.41) is 7.41. The summed E-state index contributed by atoms with van der Waals surface area (Å²) >= 11 is 0.